The Bertz CT molecular complexity index is 644. The first-order chi connectivity index (χ1) is 12.9. The van der Waals surface area contributed by atoms with Crippen LogP contribution in [0.1, 0.15) is 58.4 Å². The zero-order valence-corrected chi connectivity index (χ0v) is 20.3. The Morgan fingerprint density at radius 1 is 1.18 bits per heavy atom. The molecule has 0 amide bonds. The van der Waals surface area contributed by atoms with Crippen molar-refractivity contribution >= 4 is 29.9 Å². The second kappa shape index (κ2) is 10.1. The normalized spacial score (nSPS) is 25.6. The number of piperidine rings is 2. The van der Waals surface area contributed by atoms with E-state index in [9.17, 15) is 0 Å². The fourth-order valence-corrected chi connectivity index (χ4v) is 4.38. The lowest BCUT2D eigenvalue weighted by Gasteiger charge is -2.47. The molecule has 2 bridgehead atoms. The van der Waals surface area contributed by atoms with Gasteiger partial charge in [-0.05, 0) is 59.6 Å². The van der Waals surface area contributed by atoms with Gasteiger partial charge in [-0.3, -0.25) is 4.99 Å². The van der Waals surface area contributed by atoms with E-state index in [0.717, 1.165) is 17.3 Å². The first-order valence-corrected chi connectivity index (χ1v) is 10.3. The summed E-state index contributed by atoms with van der Waals surface area (Å²) in [6, 6.07) is 10.2. The van der Waals surface area contributed by atoms with Gasteiger partial charge in [0.05, 0.1) is 0 Å². The number of rotatable bonds is 4. The highest BCUT2D eigenvalue weighted by atomic mass is 127. The minimum absolute atomic E-state index is 0. The van der Waals surface area contributed by atoms with Crippen molar-refractivity contribution in [3.05, 3.63) is 29.8 Å². The summed E-state index contributed by atoms with van der Waals surface area (Å²) in [7, 11) is 4.15. The van der Waals surface area contributed by atoms with Gasteiger partial charge in [0.1, 0.15) is 11.4 Å². The summed E-state index contributed by atoms with van der Waals surface area (Å²) in [6.07, 6.45) is 6.45. The second-order valence-electron chi connectivity index (χ2n) is 8.96. The predicted molar refractivity (Wildman–Crippen MR) is 128 cm³/mol. The zero-order valence-electron chi connectivity index (χ0n) is 18.0. The number of nitrogens with one attached hydrogen (secondary N) is 2. The number of guanidine groups is 1. The van der Waals surface area contributed by atoms with Gasteiger partial charge in [0.2, 0.25) is 0 Å². The van der Waals surface area contributed by atoms with Crippen molar-refractivity contribution in [3.63, 3.8) is 0 Å². The molecule has 2 aliphatic rings. The van der Waals surface area contributed by atoms with Gasteiger partial charge in [-0.25, -0.2) is 0 Å². The van der Waals surface area contributed by atoms with Crippen LogP contribution in [0.15, 0.2) is 29.3 Å². The van der Waals surface area contributed by atoms with Crippen molar-refractivity contribution in [2.45, 2.75) is 83.1 Å². The molecule has 2 fully saturated rings. The van der Waals surface area contributed by atoms with Crippen molar-refractivity contribution in [1.82, 2.24) is 15.5 Å². The van der Waals surface area contributed by atoms with Crippen molar-refractivity contribution in [1.29, 1.82) is 0 Å². The van der Waals surface area contributed by atoms with Gasteiger partial charge in [-0.15, -0.1) is 24.0 Å². The topological polar surface area (TPSA) is 48.9 Å². The molecule has 0 spiro atoms. The third-order valence-corrected chi connectivity index (χ3v) is 5.74. The number of benzene rings is 1. The maximum absolute atomic E-state index is 6.11. The van der Waals surface area contributed by atoms with E-state index in [-0.39, 0.29) is 29.6 Å². The van der Waals surface area contributed by atoms with Crippen LogP contribution in [-0.4, -0.2) is 48.7 Å². The largest absolute Gasteiger partial charge is 0.488 e. The minimum atomic E-state index is -0.206. The Balaban J connectivity index is 0.00000280. The molecule has 2 N–H and O–H groups in total. The van der Waals surface area contributed by atoms with Gasteiger partial charge in [0.25, 0.3) is 0 Å². The van der Waals surface area contributed by atoms with Gasteiger partial charge < -0.3 is 20.3 Å². The number of ether oxygens (including phenoxy) is 1. The lowest BCUT2D eigenvalue weighted by atomic mass is 9.82. The van der Waals surface area contributed by atoms with Crippen molar-refractivity contribution in [2.24, 2.45) is 4.99 Å². The molecule has 158 valence electrons. The number of hydrogen-bond donors (Lipinski definition) is 2. The smallest absolute Gasteiger partial charge is 0.191 e. The average molecular weight is 500 g/mol. The number of fused-ring (bicyclic) bond motifs is 2. The van der Waals surface area contributed by atoms with Crippen LogP contribution in [-0.2, 0) is 6.54 Å². The fourth-order valence-electron chi connectivity index (χ4n) is 4.38. The summed E-state index contributed by atoms with van der Waals surface area (Å²) >= 11 is 0. The first-order valence-electron chi connectivity index (χ1n) is 10.3. The van der Waals surface area contributed by atoms with Crippen molar-refractivity contribution < 1.29 is 4.74 Å². The molecule has 28 heavy (non-hydrogen) atoms. The highest BCUT2D eigenvalue weighted by Gasteiger charge is 2.36. The Morgan fingerprint density at radius 2 is 1.82 bits per heavy atom. The first kappa shape index (κ1) is 23.3. The van der Waals surface area contributed by atoms with E-state index in [1.165, 1.54) is 32.1 Å². The summed E-state index contributed by atoms with van der Waals surface area (Å²) < 4.78 is 6.11. The van der Waals surface area contributed by atoms with Crippen LogP contribution in [0.3, 0.4) is 0 Å². The summed E-state index contributed by atoms with van der Waals surface area (Å²) in [5.41, 5.74) is 0.942. The van der Waals surface area contributed by atoms with Crippen molar-refractivity contribution in [2.75, 3.05) is 14.1 Å². The summed E-state index contributed by atoms with van der Waals surface area (Å²) in [5.74, 6) is 1.81. The van der Waals surface area contributed by atoms with Crippen LogP contribution in [0.4, 0.5) is 0 Å². The molecular weight excluding hydrogens is 463 g/mol. The van der Waals surface area contributed by atoms with E-state index in [0.29, 0.717) is 24.7 Å². The Labute approximate surface area is 187 Å². The average Bonchev–Trinajstić information content (AvgIpc) is 2.59. The van der Waals surface area contributed by atoms with E-state index in [2.05, 4.69) is 60.5 Å². The standard InChI is InChI=1S/C22H36N4O.HI/c1-22(2,3)27-20-12-7-6-9-16(20)15-24-21(23-4)25-17-13-18-10-8-11-19(14-17)26(18)5;/h6-7,9,12,17-19H,8,10-11,13-15H2,1-5H3,(H2,23,24,25);1H. The zero-order chi connectivity index (χ0) is 19.4. The predicted octanol–water partition coefficient (Wildman–Crippen LogP) is 4.16. The van der Waals surface area contributed by atoms with E-state index in [1.807, 2.05) is 19.2 Å². The van der Waals surface area contributed by atoms with Crippen LogP contribution < -0.4 is 15.4 Å². The molecule has 6 heteroatoms. The molecular formula is C22H37IN4O. The summed E-state index contributed by atoms with van der Waals surface area (Å²) in [5, 5.41) is 7.15. The maximum Gasteiger partial charge on any atom is 0.191 e. The number of para-hydroxylation sites is 1. The SMILES string of the molecule is CN=C(NCc1ccccc1OC(C)(C)C)NC1CC2CCCC(C1)N2C.I. The van der Waals surface area contributed by atoms with E-state index in [4.69, 9.17) is 4.74 Å². The minimum Gasteiger partial charge on any atom is -0.488 e. The highest BCUT2D eigenvalue weighted by Crippen LogP contribution is 2.32. The van der Waals surface area contributed by atoms with E-state index < -0.39 is 0 Å². The van der Waals surface area contributed by atoms with Gasteiger partial charge in [-0.1, -0.05) is 24.6 Å². The monoisotopic (exact) mass is 500 g/mol. The Morgan fingerprint density at radius 3 is 2.43 bits per heavy atom. The lowest BCUT2D eigenvalue weighted by Crippen LogP contribution is -2.56. The number of aliphatic imine (C=N–C) groups is 1. The molecule has 2 heterocycles. The fraction of sp³-hybridized carbons (Fsp3) is 0.682. The molecule has 2 aliphatic heterocycles. The quantitative estimate of drug-likeness (QED) is 0.371. The molecule has 2 saturated heterocycles. The van der Waals surface area contributed by atoms with Gasteiger partial charge in [0, 0.05) is 37.3 Å². The van der Waals surface area contributed by atoms with Crippen LogP contribution >= 0.6 is 24.0 Å². The van der Waals surface area contributed by atoms with E-state index in [1.54, 1.807) is 0 Å². The third kappa shape index (κ3) is 6.24. The molecule has 2 atom stereocenters. The maximum atomic E-state index is 6.11. The van der Waals surface area contributed by atoms with Crippen LogP contribution in [0, 0.1) is 0 Å². The van der Waals surface area contributed by atoms with Gasteiger partial charge >= 0.3 is 0 Å². The number of nitrogens with zero attached hydrogens (tertiary/aromatic N) is 2. The molecule has 3 rings (SSSR count). The van der Waals surface area contributed by atoms with Crippen molar-refractivity contribution in [3.8, 4) is 5.75 Å². The number of hydrogen-bond acceptors (Lipinski definition) is 3. The molecule has 1 aromatic carbocycles. The Hall–Kier alpha value is -1.02. The lowest BCUT2D eigenvalue weighted by molar-refractivity contribution is 0.0526. The van der Waals surface area contributed by atoms with E-state index >= 15 is 0 Å². The highest BCUT2D eigenvalue weighted by molar-refractivity contribution is 14.0. The molecule has 2 unspecified atom stereocenters. The molecule has 0 saturated carbocycles. The van der Waals surface area contributed by atoms with Crippen LogP contribution in [0.5, 0.6) is 5.75 Å². The van der Waals surface area contributed by atoms with Crippen LogP contribution in [0.2, 0.25) is 0 Å². The third-order valence-electron chi connectivity index (χ3n) is 5.74. The molecule has 5 nitrogen and oxygen atoms in total. The summed E-state index contributed by atoms with van der Waals surface area (Å²) in [4.78, 5) is 7.05. The van der Waals surface area contributed by atoms with Crippen LogP contribution in [0.25, 0.3) is 0 Å². The van der Waals surface area contributed by atoms with Gasteiger partial charge in [-0.2, -0.15) is 0 Å². The molecule has 1 aromatic rings. The molecule has 0 aromatic heterocycles. The van der Waals surface area contributed by atoms with Gasteiger partial charge in [0.15, 0.2) is 5.96 Å². The second-order valence-corrected chi connectivity index (χ2v) is 8.96. The molecule has 0 aliphatic carbocycles. The number of halogens is 1. The molecule has 0 radical (unpaired) electrons. The summed E-state index contributed by atoms with van der Waals surface area (Å²) in [6.45, 7) is 6.93. The Kier molecular flexibility index (Phi) is 8.43.